The number of carbonyl (C=O) groups excluding carboxylic acids is 1. The summed E-state index contributed by atoms with van der Waals surface area (Å²) in [5.74, 6) is -0.395. The monoisotopic (exact) mass is 337 g/mol. The number of hydrogen-bond donors (Lipinski definition) is 4. The van der Waals surface area contributed by atoms with E-state index < -0.39 is 43.2 Å². The highest BCUT2D eigenvalue weighted by molar-refractivity contribution is 5.73. The summed E-state index contributed by atoms with van der Waals surface area (Å²) in [6, 6.07) is -0.936. The Hall–Kier alpha value is -0.810. The SMILES string of the molecule is CCOCCOCCO[C@@H]1OC(CO)[C@H](O)[C@H](O)C1NC(C)=O. The maximum absolute atomic E-state index is 11.2. The molecular weight excluding hydrogens is 310 g/mol. The number of ether oxygens (including phenoxy) is 4. The van der Waals surface area contributed by atoms with E-state index in [9.17, 15) is 20.1 Å². The van der Waals surface area contributed by atoms with Crippen LogP contribution >= 0.6 is 0 Å². The molecule has 1 saturated heterocycles. The molecular formula is C14H27NO8. The lowest BCUT2D eigenvalue weighted by atomic mass is 9.97. The molecule has 0 aromatic heterocycles. The van der Waals surface area contributed by atoms with Gasteiger partial charge in [-0.1, -0.05) is 0 Å². The first-order valence-electron chi connectivity index (χ1n) is 7.67. The standard InChI is InChI=1S/C14H27NO8/c1-3-20-4-5-21-6-7-22-14-11(15-9(2)17)13(19)12(18)10(8-16)23-14/h10-14,16,18-19H,3-8H2,1-2H3,(H,15,17)/t10?,11?,12-,13+,14+/m0/s1. The van der Waals surface area contributed by atoms with E-state index in [1.54, 1.807) is 0 Å². The summed E-state index contributed by atoms with van der Waals surface area (Å²) in [6.07, 6.45) is -4.61. The quantitative estimate of drug-likeness (QED) is 0.337. The molecule has 1 aliphatic rings. The van der Waals surface area contributed by atoms with Crippen LogP contribution in [-0.2, 0) is 23.7 Å². The van der Waals surface area contributed by atoms with Gasteiger partial charge in [-0.15, -0.1) is 0 Å². The molecule has 9 heteroatoms. The molecule has 0 aromatic carbocycles. The van der Waals surface area contributed by atoms with Gasteiger partial charge in [-0.2, -0.15) is 0 Å². The van der Waals surface area contributed by atoms with Crippen molar-refractivity contribution >= 4 is 5.91 Å². The molecule has 1 heterocycles. The van der Waals surface area contributed by atoms with Crippen molar-refractivity contribution in [2.75, 3.05) is 39.6 Å². The van der Waals surface area contributed by atoms with E-state index in [2.05, 4.69) is 5.32 Å². The summed E-state index contributed by atoms with van der Waals surface area (Å²) < 4.78 is 21.3. The van der Waals surface area contributed by atoms with Crippen LogP contribution in [0.3, 0.4) is 0 Å². The molecule has 1 aliphatic heterocycles. The highest BCUT2D eigenvalue weighted by Crippen LogP contribution is 2.22. The fourth-order valence-electron chi connectivity index (χ4n) is 2.20. The number of nitrogens with one attached hydrogen (secondary N) is 1. The van der Waals surface area contributed by atoms with Crippen molar-refractivity contribution in [1.29, 1.82) is 0 Å². The molecule has 4 N–H and O–H groups in total. The zero-order valence-corrected chi connectivity index (χ0v) is 13.5. The van der Waals surface area contributed by atoms with Crippen LogP contribution < -0.4 is 5.32 Å². The number of rotatable bonds is 10. The topological polar surface area (TPSA) is 127 Å². The molecule has 136 valence electrons. The van der Waals surface area contributed by atoms with Gasteiger partial charge >= 0.3 is 0 Å². The van der Waals surface area contributed by atoms with Gasteiger partial charge in [-0.25, -0.2) is 0 Å². The van der Waals surface area contributed by atoms with Crippen molar-refractivity contribution in [2.45, 2.75) is 44.5 Å². The average Bonchev–Trinajstić information content (AvgIpc) is 2.52. The van der Waals surface area contributed by atoms with E-state index in [0.717, 1.165) is 0 Å². The Morgan fingerprint density at radius 2 is 1.78 bits per heavy atom. The highest BCUT2D eigenvalue weighted by atomic mass is 16.7. The van der Waals surface area contributed by atoms with Crippen LogP contribution in [0.2, 0.25) is 0 Å². The lowest BCUT2D eigenvalue weighted by molar-refractivity contribution is -0.272. The predicted molar refractivity (Wildman–Crippen MR) is 78.6 cm³/mol. The molecule has 1 fully saturated rings. The van der Waals surface area contributed by atoms with Gasteiger partial charge in [-0.3, -0.25) is 4.79 Å². The molecule has 0 bridgehead atoms. The summed E-state index contributed by atoms with van der Waals surface area (Å²) in [4.78, 5) is 11.2. The van der Waals surface area contributed by atoms with Crippen LogP contribution in [-0.4, -0.2) is 91.5 Å². The number of aliphatic hydroxyl groups excluding tert-OH is 3. The summed E-state index contributed by atoms with van der Waals surface area (Å²) in [5.41, 5.74) is 0. The third-order valence-corrected chi connectivity index (χ3v) is 3.34. The van der Waals surface area contributed by atoms with Gasteiger partial charge < -0.3 is 39.6 Å². The van der Waals surface area contributed by atoms with Crippen LogP contribution in [0, 0.1) is 0 Å². The molecule has 1 amide bonds. The van der Waals surface area contributed by atoms with Crippen molar-refractivity contribution in [3.63, 3.8) is 0 Å². The molecule has 0 aromatic rings. The van der Waals surface area contributed by atoms with Crippen molar-refractivity contribution in [3.05, 3.63) is 0 Å². The van der Waals surface area contributed by atoms with Crippen LogP contribution in [0.25, 0.3) is 0 Å². The van der Waals surface area contributed by atoms with Crippen LogP contribution in [0.1, 0.15) is 13.8 Å². The number of amides is 1. The second-order valence-corrected chi connectivity index (χ2v) is 5.11. The number of aliphatic hydroxyl groups is 3. The van der Waals surface area contributed by atoms with Crippen LogP contribution in [0.15, 0.2) is 0 Å². The molecule has 5 atom stereocenters. The Morgan fingerprint density at radius 3 is 2.39 bits per heavy atom. The van der Waals surface area contributed by atoms with Gasteiger partial charge in [0, 0.05) is 13.5 Å². The summed E-state index contributed by atoms with van der Waals surface area (Å²) in [5, 5.41) is 31.6. The normalized spacial score (nSPS) is 31.1. The van der Waals surface area contributed by atoms with E-state index >= 15 is 0 Å². The Morgan fingerprint density at radius 1 is 1.13 bits per heavy atom. The van der Waals surface area contributed by atoms with Gasteiger partial charge in [0.25, 0.3) is 0 Å². The predicted octanol–water partition coefficient (Wildman–Crippen LogP) is -2.00. The van der Waals surface area contributed by atoms with Crippen molar-refractivity contribution in [1.82, 2.24) is 5.32 Å². The van der Waals surface area contributed by atoms with E-state index in [1.807, 2.05) is 6.92 Å². The van der Waals surface area contributed by atoms with Crippen LogP contribution in [0.5, 0.6) is 0 Å². The highest BCUT2D eigenvalue weighted by Gasteiger charge is 2.45. The minimum absolute atomic E-state index is 0.161. The second-order valence-electron chi connectivity index (χ2n) is 5.11. The van der Waals surface area contributed by atoms with Crippen molar-refractivity contribution < 1.29 is 39.1 Å². The molecule has 9 nitrogen and oxygen atoms in total. The lowest BCUT2D eigenvalue weighted by Gasteiger charge is -2.42. The molecule has 0 spiro atoms. The lowest BCUT2D eigenvalue weighted by Crippen LogP contribution is -2.64. The number of carbonyl (C=O) groups is 1. The first kappa shape index (κ1) is 20.2. The Bertz CT molecular complexity index is 343. The molecule has 1 rings (SSSR count). The van der Waals surface area contributed by atoms with Crippen LogP contribution in [0.4, 0.5) is 0 Å². The maximum atomic E-state index is 11.2. The third-order valence-electron chi connectivity index (χ3n) is 3.34. The molecule has 0 aliphatic carbocycles. The average molecular weight is 337 g/mol. The molecule has 0 radical (unpaired) electrons. The minimum Gasteiger partial charge on any atom is -0.394 e. The molecule has 2 unspecified atom stereocenters. The van der Waals surface area contributed by atoms with Crippen molar-refractivity contribution in [3.8, 4) is 0 Å². The molecule has 23 heavy (non-hydrogen) atoms. The Balaban J connectivity index is 2.45. The summed E-state index contributed by atoms with van der Waals surface area (Å²) in [6.45, 7) is 4.68. The second kappa shape index (κ2) is 10.9. The van der Waals surface area contributed by atoms with E-state index in [1.165, 1.54) is 6.92 Å². The first-order chi connectivity index (χ1) is 11.0. The van der Waals surface area contributed by atoms with Gasteiger partial charge in [0.2, 0.25) is 5.91 Å². The Labute approximate surface area is 135 Å². The fourth-order valence-corrected chi connectivity index (χ4v) is 2.20. The molecule has 0 saturated carbocycles. The van der Waals surface area contributed by atoms with E-state index in [4.69, 9.17) is 18.9 Å². The van der Waals surface area contributed by atoms with Gasteiger partial charge in [0.05, 0.1) is 33.0 Å². The third kappa shape index (κ3) is 6.68. The number of hydrogen-bond acceptors (Lipinski definition) is 8. The zero-order valence-electron chi connectivity index (χ0n) is 13.5. The van der Waals surface area contributed by atoms with Gasteiger partial charge in [-0.05, 0) is 6.92 Å². The first-order valence-corrected chi connectivity index (χ1v) is 7.67. The van der Waals surface area contributed by atoms with Crippen molar-refractivity contribution in [2.24, 2.45) is 0 Å². The van der Waals surface area contributed by atoms with Gasteiger partial charge in [0.15, 0.2) is 6.29 Å². The maximum Gasteiger partial charge on any atom is 0.217 e. The van der Waals surface area contributed by atoms with E-state index in [-0.39, 0.29) is 13.2 Å². The fraction of sp³-hybridized carbons (Fsp3) is 0.929. The summed E-state index contributed by atoms with van der Waals surface area (Å²) >= 11 is 0. The minimum atomic E-state index is -1.32. The largest absolute Gasteiger partial charge is 0.394 e. The summed E-state index contributed by atoms with van der Waals surface area (Å²) in [7, 11) is 0. The smallest absolute Gasteiger partial charge is 0.217 e. The Kier molecular flexibility index (Phi) is 9.56. The van der Waals surface area contributed by atoms with Gasteiger partial charge in [0.1, 0.15) is 24.4 Å². The van der Waals surface area contributed by atoms with E-state index in [0.29, 0.717) is 19.8 Å². The zero-order chi connectivity index (χ0) is 17.2.